The van der Waals surface area contributed by atoms with Crippen LogP contribution in [-0.2, 0) is 6.42 Å². The molecule has 1 aromatic heterocycles. The Morgan fingerprint density at radius 1 is 1.19 bits per heavy atom. The van der Waals surface area contributed by atoms with Gasteiger partial charge >= 0.3 is 0 Å². The standard InChI is InChI=1S/C20H29N3OS.HI/c1-14(18-8-6-7-9-19(18)24-5)13-22-20(21-4)23-15(2)12-17-11-10-16(3)25-17;/h6-11,14-15H,12-13H2,1-5H3,(H2,21,22,23);1H. The number of benzene rings is 1. The van der Waals surface area contributed by atoms with Gasteiger partial charge in [0.1, 0.15) is 5.75 Å². The second-order valence-electron chi connectivity index (χ2n) is 6.36. The molecule has 2 atom stereocenters. The molecule has 0 saturated heterocycles. The Bertz CT molecular complexity index is 702. The summed E-state index contributed by atoms with van der Waals surface area (Å²) in [6, 6.07) is 12.9. The molecule has 0 saturated carbocycles. The minimum Gasteiger partial charge on any atom is -0.496 e. The van der Waals surface area contributed by atoms with Crippen molar-refractivity contribution in [1.29, 1.82) is 0 Å². The first-order chi connectivity index (χ1) is 12.0. The third-order valence-electron chi connectivity index (χ3n) is 4.16. The lowest BCUT2D eigenvalue weighted by Crippen LogP contribution is -2.44. The van der Waals surface area contributed by atoms with Gasteiger partial charge in [0.15, 0.2) is 5.96 Å². The van der Waals surface area contributed by atoms with Gasteiger partial charge in [-0.3, -0.25) is 4.99 Å². The molecule has 2 aromatic rings. The minimum atomic E-state index is 0. The molecular weight excluding hydrogens is 457 g/mol. The molecule has 0 spiro atoms. The molecule has 0 amide bonds. The Labute approximate surface area is 178 Å². The fraction of sp³-hybridized carbons (Fsp3) is 0.450. The summed E-state index contributed by atoms with van der Waals surface area (Å²) in [4.78, 5) is 7.10. The first-order valence-corrected chi connectivity index (χ1v) is 9.50. The van der Waals surface area contributed by atoms with Crippen LogP contribution in [0.25, 0.3) is 0 Å². The Morgan fingerprint density at radius 3 is 2.54 bits per heavy atom. The number of nitrogens with zero attached hydrogens (tertiary/aromatic N) is 1. The van der Waals surface area contributed by atoms with Crippen LogP contribution in [0.5, 0.6) is 5.75 Å². The first-order valence-electron chi connectivity index (χ1n) is 8.69. The molecule has 0 aliphatic carbocycles. The van der Waals surface area contributed by atoms with Crippen molar-refractivity contribution in [1.82, 2.24) is 10.6 Å². The van der Waals surface area contributed by atoms with E-state index in [0.717, 1.165) is 24.7 Å². The van der Waals surface area contributed by atoms with E-state index in [1.54, 1.807) is 7.11 Å². The third kappa shape index (κ3) is 6.79. The Kier molecular flexibility index (Phi) is 10.0. The van der Waals surface area contributed by atoms with Crippen LogP contribution >= 0.6 is 35.3 Å². The van der Waals surface area contributed by atoms with E-state index in [2.05, 4.69) is 54.6 Å². The number of ether oxygens (including phenoxy) is 1. The maximum atomic E-state index is 5.46. The highest BCUT2D eigenvalue weighted by molar-refractivity contribution is 14.0. The van der Waals surface area contributed by atoms with E-state index in [0.29, 0.717) is 12.0 Å². The van der Waals surface area contributed by atoms with E-state index >= 15 is 0 Å². The van der Waals surface area contributed by atoms with E-state index < -0.39 is 0 Å². The van der Waals surface area contributed by atoms with Crippen molar-refractivity contribution in [3.63, 3.8) is 0 Å². The van der Waals surface area contributed by atoms with Crippen molar-refractivity contribution in [3.8, 4) is 5.75 Å². The van der Waals surface area contributed by atoms with Crippen LogP contribution < -0.4 is 15.4 Å². The van der Waals surface area contributed by atoms with Crippen molar-refractivity contribution in [2.24, 2.45) is 4.99 Å². The zero-order valence-corrected chi connectivity index (χ0v) is 19.4. The number of nitrogens with one attached hydrogen (secondary N) is 2. The highest BCUT2D eigenvalue weighted by atomic mass is 127. The number of rotatable bonds is 7. The number of para-hydroxylation sites is 1. The number of halogens is 1. The quantitative estimate of drug-likeness (QED) is 0.342. The number of hydrogen-bond donors (Lipinski definition) is 2. The smallest absolute Gasteiger partial charge is 0.191 e. The summed E-state index contributed by atoms with van der Waals surface area (Å²) < 4.78 is 5.46. The number of methoxy groups -OCH3 is 1. The van der Waals surface area contributed by atoms with Gasteiger partial charge in [-0.1, -0.05) is 25.1 Å². The lowest BCUT2D eigenvalue weighted by Gasteiger charge is -2.20. The number of hydrogen-bond acceptors (Lipinski definition) is 3. The fourth-order valence-corrected chi connectivity index (χ4v) is 3.83. The SMILES string of the molecule is CN=C(NCC(C)c1ccccc1OC)NC(C)Cc1ccc(C)s1.I. The van der Waals surface area contributed by atoms with Gasteiger partial charge in [0, 0.05) is 41.7 Å². The first kappa shape index (κ1) is 22.8. The maximum absolute atomic E-state index is 5.46. The van der Waals surface area contributed by atoms with Gasteiger partial charge in [-0.15, -0.1) is 35.3 Å². The van der Waals surface area contributed by atoms with Crippen molar-refractivity contribution in [2.45, 2.75) is 39.2 Å². The zero-order chi connectivity index (χ0) is 18.2. The number of aryl methyl sites for hydroxylation is 1. The van der Waals surface area contributed by atoms with E-state index in [9.17, 15) is 0 Å². The highest BCUT2D eigenvalue weighted by Gasteiger charge is 2.13. The normalized spacial score (nSPS) is 13.5. The maximum Gasteiger partial charge on any atom is 0.191 e. The average molecular weight is 487 g/mol. The Morgan fingerprint density at radius 2 is 1.92 bits per heavy atom. The second kappa shape index (κ2) is 11.4. The number of guanidine groups is 1. The van der Waals surface area contributed by atoms with E-state index in [1.807, 2.05) is 36.6 Å². The van der Waals surface area contributed by atoms with Crippen LogP contribution in [0, 0.1) is 6.92 Å². The van der Waals surface area contributed by atoms with Crippen LogP contribution in [0.15, 0.2) is 41.4 Å². The summed E-state index contributed by atoms with van der Waals surface area (Å²) >= 11 is 1.86. The van der Waals surface area contributed by atoms with Crippen molar-refractivity contribution in [2.75, 3.05) is 20.7 Å². The van der Waals surface area contributed by atoms with Crippen LogP contribution in [0.4, 0.5) is 0 Å². The molecule has 2 rings (SSSR count). The summed E-state index contributed by atoms with van der Waals surface area (Å²) in [7, 11) is 3.53. The Hall–Kier alpha value is -1.28. The number of aliphatic imine (C=N–C) groups is 1. The summed E-state index contributed by atoms with van der Waals surface area (Å²) in [5.74, 6) is 2.09. The van der Waals surface area contributed by atoms with Gasteiger partial charge in [-0.2, -0.15) is 0 Å². The number of thiophene rings is 1. The molecule has 2 N–H and O–H groups in total. The van der Waals surface area contributed by atoms with Crippen molar-refractivity contribution < 1.29 is 4.74 Å². The topological polar surface area (TPSA) is 45.7 Å². The molecule has 1 heterocycles. The summed E-state index contributed by atoms with van der Waals surface area (Å²) in [5.41, 5.74) is 1.20. The summed E-state index contributed by atoms with van der Waals surface area (Å²) in [6.45, 7) is 7.32. The molecule has 0 aliphatic heterocycles. The third-order valence-corrected chi connectivity index (χ3v) is 5.18. The van der Waals surface area contributed by atoms with Gasteiger partial charge in [-0.25, -0.2) is 0 Å². The minimum absolute atomic E-state index is 0. The molecule has 0 radical (unpaired) electrons. The van der Waals surface area contributed by atoms with Crippen LogP contribution in [0.3, 0.4) is 0 Å². The van der Waals surface area contributed by atoms with E-state index in [-0.39, 0.29) is 24.0 Å². The van der Waals surface area contributed by atoms with Crippen molar-refractivity contribution in [3.05, 3.63) is 51.7 Å². The molecule has 2 unspecified atom stereocenters. The molecule has 0 fully saturated rings. The average Bonchev–Trinajstić information content (AvgIpc) is 3.02. The van der Waals surface area contributed by atoms with Crippen molar-refractivity contribution >= 4 is 41.3 Å². The monoisotopic (exact) mass is 487 g/mol. The van der Waals surface area contributed by atoms with Crippen LogP contribution in [0.1, 0.15) is 35.1 Å². The Balaban J connectivity index is 0.00000338. The lowest BCUT2D eigenvalue weighted by molar-refractivity contribution is 0.406. The zero-order valence-electron chi connectivity index (χ0n) is 16.2. The molecular formula is C20H30IN3OS. The van der Waals surface area contributed by atoms with Gasteiger partial charge in [0.25, 0.3) is 0 Å². The van der Waals surface area contributed by atoms with Gasteiger partial charge in [0.2, 0.25) is 0 Å². The lowest BCUT2D eigenvalue weighted by atomic mass is 10.0. The van der Waals surface area contributed by atoms with Crippen LogP contribution in [-0.4, -0.2) is 32.7 Å². The fourth-order valence-electron chi connectivity index (χ4n) is 2.81. The molecule has 0 aliphatic rings. The van der Waals surface area contributed by atoms with Gasteiger partial charge < -0.3 is 15.4 Å². The van der Waals surface area contributed by atoms with Crippen LogP contribution in [0.2, 0.25) is 0 Å². The summed E-state index contributed by atoms with van der Waals surface area (Å²) in [5, 5.41) is 6.90. The second-order valence-corrected chi connectivity index (χ2v) is 7.73. The highest BCUT2D eigenvalue weighted by Crippen LogP contribution is 2.25. The molecule has 0 bridgehead atoms. The molecule has 1 aromatic carbocycles. The van der Waals surface area contributed by atoms with E-state index in [4.69, 9.17) is 4.74 Å². The van der Waals surface area contributed by atoms with Gasteiger partial charge in [0.05, 0.1) is 7.11 Å². The molecule has 26 heavy (non-hydrogen) atoms. The molecule has 4 nitrogen and oxygen atoms in total. The predicted octanol–water partition coefficient (Wildman–Crippen LogP) is 4.58. The van der Waals surface area contributed by atoms with Gasteiger partial charge in [-0.05, 0) is 37.6 Å². The molecule has 144 valence electrons. The largest absolute Gasteiger partial charge is 0.496 e. The summed E-state index contributed by atoms with van der Waals surface area (Å²) in [6.07, 6.45) is 1.00. The predicted molar refractivity (Wildman–Crippen MR) is 124 cm³/mol. The van der Waals surface area contributed by atoms with E-state index in [1.165, 1.54) is 15.3 Å². The molecule has 6 heteroatoms.